The molecule has 1 aliphatic rings. The number of halogens is 1. The molecule has 1 amide bonds. The average molecular weight is 533 g/mol. The van der Waals surface area contributed by atoms with Gasteiger partial charge in [0, 0.05) is 54.6 Å². The van der Waals surface area contributed by atoms with Gasteiger partial charge >= 0.3 is 0 Å². The fraction of sp³-hybridized carbons (Fsp3) is 0.406. The van der Waals surface area contributed by atoms with Crippen molar-refractivity contribution in [3.63, 3.8) is 0 Å². The molecule has 2 N–H and O–H groups in total. The molecular formula is C32H39ClN3O2. The Hall–Kier alpha value is -2.73. The maximum Gasteiger partial charge on any atom is 0.253 e. The average Bonchev–Trinajstić information content (AvgIpc) is 2.93. The highest BCUT2D eigenvalue weighted by molar-refractivity contribution is 6.33. The molecule has 1 aliphatic heterocycles. The van der Waals surface area contributed by atoms with Crippen LogP contribution in [0.1, 0.15) is 72.5 Å². The van der Waals surface area contributed by atoms with E-state index in [1.807, 2.05) is 48.3 Å². The second-order valence-electron chi connectivity index (χ2n) is 10.7. The van der Waals surface area contributed by atoms with Crippen molar-refractivity contribution in [2.45, 2.75) is 57.6 Å². The van der Waals surface area contributed by atoms with Crippen LogP contribution in [-0.4, -0.2) is 41.0 Å². The first-order chi connectivity index (χ1) is 18.3. The highest BCUT2D eigenvalue weighted by Gasteiger charge is 2.43. The van der Waals surface area contributed by atoms with Crippen LogP contribution in [0.5, 0.6) is 0 Å². The molecule has 4 rings (SSSR count). The highest BCUT2D eigenvalue weighted by Crippen LogP contribution is 2.45. The molecule has 0 bridgehead atoms. The Bertz CT molecular complexity index is 1240. The quantitative estimate of drug-likeness (QED) is 0.326. The van der Waals surface area contributed by atoms with Crippen molar-refractivity contribution in [2.75, 3.05) is 20.1 Å². The van der Waals surface area contributed by atoms with Crippen LogP contribution in [0.15, 0.2) is 60.9 Å². The number of amides is 1. The minimum atomic E-state index is -1.22. The first-order valence-corrected chi connectivity index (χ1v) is 13.9. The summed E-state index contributed by atoms with van der Waals surface area (Å²) in [6.07, 6.45) is 6.02. The monoisotopic (exact) mass is 532 g/mol. The van der Waals surface area contributed by atoms with Crippen molar-refractivity contribution >= 4 is 17.5 Å². The van der Waals surface area contributed by atoms with Gasteiger partial charge < -0.3 is 15.3 Å². The largest absolute Gasteiger partial charge is 0.385 e. The van der Waals surface area contributed by atoms with Crippen LogP contribution in [0.4, 0.5) is 0 Å². The second kappa shape index (κ2) is 12.4. The van der Waals surface area contributed by atoms with Crippen LogP contribution in [0.2, 0.25) is 5.02 Å². The Morgan fingerprint density at radius 2 is 2.00 bits per heavy atom. The molecular weight excluding hydrogens is 494 g/mol. The van der Waals surface area contributed by atoms with E-state index < -0.39 is 5.60 Å². The Kier molecular flexibility index (Phi) is 9.24. The van der Waals surface area contributed by atoms with Crippen LogP contribution >= 0.6 is 11.6 Å². The lowest BCUT2D eigenvalue weighted by molar-refractivity contribution is -0.0548. The lowest BCUT2D eigenvalue weighted by atomic mass is 9.72. The smallest absolute Gasteiger partial charge is 0.253 e. The van der Waals surface area contributed by atoms with Gasteiger partial charge in [0.05, 0.1) is 10.6 Å². The molecule has 0 spiro atoms. The minimum absolute atomic E-state index is 0.00300. The van der Waals surface area contributed by atoms with E-state index in [0.717, 1.165) is 36.1 Å². The van der Waals surface area contributed by atoms with Crippen LogP contribution in [-0.2, 0) is 12.1 Å². The zero-order valence-corrected chi connectivity index (χ0v) is 23.5. The molecule has 201 valence electrons. The summed E-state index contributed by atoms with van der Waals surface area (Å²) in [5.74, 6) is 0.192. The number of benzene rings is 2. The number of carbonyl (C=O) groups is 1. The van der Waals surface area contributed by atoms with Gasteiger partial charge in [0.25, 0.3) is 5.91 Å². The van der Waals surface area contributed by atoms with Gasteiger partial charge in [-0.15, -0.1) is 0 Å². The van der Waals surface area contributed by atoms with Crippen molar-refractivity contribution in [1.29, 1.82) is 0 Å². The fourth-order valence-corrected chi connectivity index (χ4v) is 5.91. The maximum absolute atomic E-state index is 13.5. The number of aliphatic hydroxyl groups is 1. The molecule has 2 aromatic carbocycles. The molecule has 0 saturated carbocycles. The Morgan fingerprint density at radius 1 is 1.24 bits per heavy atom. The Labute approximate surface area is 232 Å². The summed E-state index contributed by atoms with van der Waals surface area (Å²) in [6, 6.07) is 16.1. The summed E-state index contributed by atoms with van der Waals surface area (Å²) >= 11 is 6.78. The van der Waals surface area contributed by atoms with Crippen LogP contribution in [0.3, 0.4) is 0 Å². The van der Waals surface area contributed by atoms with E-state index in [-0.39, 0.29) is 11.8 Å². The van der Waals surface area contributed by atoms with E-state index in [9.17, 15) is 9.90 Å². The summed E-state index contributed by atoms with van der Waals surface area (Å²) in [5.41, 5.74) is 4.27. The maximum atomic E-state index is 13.5. The molecule has 2 heterocycles. The van der Waals surface area contributed by atoms with E-state index in [2.05, 4.69) is 43.2 Å². The van der Waals surface area contributed by atoms with E-state index in [4.69, 9.17) is 11.6 Å². The number of nitrogens with zero attached hydrogens (tertiary/aromatic N) is 2. The molecule has 0 unspecified atom stereocenters. The zero-order chi connectivity index (χ0) is 27.3. The third kappa shape index (κ3) is 5.96. The number of pyridine rings is 1. The molecule has 1 aromatic heterocycles. The van der Waals surface area contributed by atoms with Gasteiger partial charge in [-0.3, -0.25) is 9.78 Å². The molecule has 1 radical (unpaired) electrons. The molecule has 3 aromatic rings. The number of nitrogens with one attached hydrogen (secondary N) is 1. The molecule has 5 nitrogen and oxygen atoms in total. The lowest BCUT2D eigenvalue weighted by Crippen LogP contribution is -2.48. The van der Waals surface area contributed by atoms with E-state index >= 15 is 0 Å². The van der Waals surface area contributed by atoms with E-state index in [0.29, 0.717) is 48.0 Å². The van der Waals surface area contributed by atoms with Crippen LogP contribution < -0.4 is 5.32 Å². The standard InChI is InChI=1S/C32H39ClN3O2/c1-5-15-32(38,28-19-35-20-29(33)30(28)26-9-6-8-25(17-26)22(2)3)27-10-7-16-36(21-27)31(37)24-13-11-23(12-14-24)18-34-4/h6,8-9,11-14,17,19-20,22,27,34,38H,1,5,7,10,15-16,18,21H2,2-4H3/t27-,32+/m1/s1. The zero-order valence-electron chi connectivity index (χ0n) is 22.7. The van der Waals surface area contributed by atoms with E-state index in [1.54, 1.807) is 12.4 Å². The van der Waals surface area contributed by atoms with Crippen molar-refractivity contribution in [3.05, 3.63) is 95.1 Å². The molecule has 0 aliphatic carbocycles. The molecule has 2 atom stereocenters. The normalized spacial score (nSPS) is 17.4. The van der Waals surface area contributed by atoms with Gasteiger partial charge in [-0.2, -0.15) is 0 Å². The van der Waals surface area contributed by atoms with Gasteiger partial charge in [0.15, 0.2) is 0 Å². The number of hydrogen-bond donors (Lipinski definition) is 2. The summed E-state index contributed by atoms with van der Waals surface area (Å²) in [7, 11) is 1.90. The topological polar surface area (TPSA) is 65.5 Å². The van der Waals surface area contributed by atoms with Gasteiger partial charge in [-0.1, -0.05) is 75.2 Å². The molecule has 6 heteroatoms. The van der Waals surface area contributed by atoms with Crippen LogP contribution in [0.25, 0.3) is 11.1 Å². The lowest BCUT2D eigenvalue weighted by Gasteiger charge is -2.43. The Morgan fingerprint density at radius 3 is 2.68 bits per heavy atom. The number of aromatic nitrogens is 1. The van der Waals surface area contributed by atoms with Gasteiger partial charge in [-0.05, 0) is 61.1 Å². The predicted octanol–water partition coefficient (Wildman–Crippen LogP) is 6.60. The van der Waals surface area contributed by atoms with Gasteiger partial charge in [0.2, 0.25) is 0 Å². The van der Waals surface area contributed by atoms with Gasteiger partial charge in [-0.25, -0.2) is 0 Å². The van der Waals surface area contributed by atoms with Crippen molar-refractivity contribution in [2.24, 2.45) is 5.92 Å². The molecule has 38 heavy (non-hydrogen) atoms. The van der Waals surface area contributed by atoms with Crippen molar-refractivity contribution in [3.8, 4) is 11.1 Å². The summed E-state index contributed by atoms with van der Waals surface area (Å²) in [6.45, 7) is 10.3. The minimum Gasteiger partial charge on any atom is -0.385 e. The first-order valence-electron chi connectivity index (χ1n) is 13.6. The predicted molar refractivity (Wildman–Crippen MR) is 155 cm³/mol. The molecule has 1 fully saturated rings. The number of piperidine rings is 1. The fourth-order valence-electron chi connectivity index (χ4n) is 5.64. The highest BCUT2D eigenvalue weighted by atomic mass is 35.5. The summed E-state index contributed by atoms with van der Waals surface area (Å²) in [5, 5.41) is 16.1. The summed E-state index contributed by atoms with van der Waals surface area (Å²) < 4.78 is 0. The third-order valence-electron chi connectivity index (χ3n) is 7.73. The Balaban J connectivity index is 1.69. The SMILES string of the molecule is [CH2]CC[C@@](O)(c1cncc(Cl)c1-c1cccc(C(C)C)c1)[C@@H]1CCCN(C(=O)c2ccc(CNC)cc2)C1. The number of likely N-dealkylation sites (tertiary alicyclic amines) is 1. The summed E-state index contributed by atoms with van der Waals surface area (Å²) in [4.78, 5) is 19.7. The second-order valence-corrected chi connectivity index (χ2v) is 11.1. The van der Waals surface area contributed by atoms with Crippen molar-refractivity contribution in [1.82, 2.24) is 15.2 Å². The van der Waals surface area contributed by atoms with E-state index in [1.165, 1.54) is 5.56 Å². The number of rotatable bonds is 9. The molecule has 1 saturated heterocycles. The van der Waals surface area contributed by atoms with Gasteiger partial charge in [0.1, 0.15) is 0 Å². The first kappa shape index (κ1) is 28.3. The number of carbonyl (C=O) groups excluding carboxylic acids is 1. The number of hydrogen-bond acceptors (Lipinski definition) is 4. The van der Waals surface area contributed by atoms with Crippen LogP contribution in [0, 0.1) is 12.8 Å². The third-order valence-corrected chi connectivity index (χ3v) is 8.02. The van der Waals surface area contributed by atoms with Crippen molar-refractivity contribution < 1.29 is 9.90 Å².